The normalized spacial score (nSPS) is 10.7. The number of nitrogens with one attached hydrogen (secondary N) is 1. The molecule has 0 fully saturated rings. The van der Waals surface area contributed by atoms with Crippen LogP contribution in [0.15, 0.2) is 41.9 Å². The first-order valence-corrected chi connectivity index (χ1v) is 5.46. The van der Waals surface area contributed by atoms with Crippen LogP contribution in [0.3, 0.4) is 0 Å². The average Bonchev–Trinajstić information content (AvgIpc) is 2.76. The first kappa shape index (κ1) is 12.0. The van der Waals surface area contributed by atoms with Gasteiger partial charge in [0.25, 0.3) is 5.91 Å². The number of aromatic nitrogens is 3. The molecule has 2 heterocycles. The molecule has 2 aromatic rings. The van der Waals surface area contributed by atoms with Crippen molar-refractivity contribution < 1.29 is 4.79 Å². The fourth-order valence-electron chi connectivity index (χ4n) is 1.37. The fourth-order valence-corrected chi connectivity index (χ4v) is 1.37. The van der Waals surface area contributed by atoms with Gasteiger partial charge in [0.05, 0.1) is 6.21 Å². The number of amides is 1. The average molecular weight is 243 g/mol. The van der Waals surface area contributed by atoms with Crippen molar-refractivity contribution in [3.8, 4) is 0 Å². The van der Waals surface area contributed by atoms with Crippen molar-refractivity contribution in [3.05, 3.63) is 48.0 Å². The topological polar surface area (TPSA) is 72.2 Å². The van der Waals surface area contributed by atoms with Gasteiger partial charge in [-0.3, -0.25) is 14.5 Å². The van der Waals surface area contributed by atoms with Crippen LogP contribution in [0.25, 0.3) is 0 Å². The zero-order valence-corrected chi connectivity index (χ0v) is 9.95. The van der Waals surface area contributed by atoms with E-state index < -0.39 is 0 Å². The summed E-state index contributed by atoms with van der Waals surface area (Å²) in [4.78, 5) is 15.5. The minimum absolute atomic E-state index is 0.156. The van der Waals surface area contributed by atoms with Gasteiger partial charge in [0.1, 0.15) is 6.54 Å². The van der Waals surface area contributed by atoms with Crippen molar-refractivity contribution >= 4 is 12.1 Å². The zero-order valence-electron chi connectivity index (χ0n) is 9.95. The van der Waals surface area contributed by atoms with Crippen LogP contribution in [0, 0.1) is 6.92 Å². The lowest BCUT2D eigenvalue weighted by atomic mass is 10.3. The molecule has 2 aromatic heterocycles. The minimum atomic E-state index is -0.220. The zero-order chi connectivity index (χ0) is 12.8. The highest BCUT2D eigenvalue weighted by atomic mass is 16.2. The maximum atomic E-state index is 11.6. The molecule has 0 saturated carbocycles. The van der Waals surface area contributed by atoms with E-state index in [1.165, 1.54) is 0 Å². The summed E-state index contributed by atoms with van der Waals surface area (Å²) in [7, 11) is 0. The molecule has 0 bridgehead atoms. The number of nitrogens with zero attached hydrogens (tertiary/aromatic N) is 4. The first-order valence-electron chi connectivity index (χ1n) is 5.46. The predicted octanol–water partition coefficient (Wildman–Crippen LogP) is 0.737. The Balaban J connectivity index is 1.86. The van der Waals surface area contributed by atoms with E-state index in [-0.39, 0.29) is 12.5 Å². The largest absolute Gasteiger partial charge is 0.271 e. The van der Waals surface area contributed by atoms with Crippen molar-refractivity contribution in [2.75, 3.05) is 0 Å². The van der Waals surface area contributed by atoms with Crippen LogP contribution in [-0.2, 0) is 11.3 Å². The molecule has 0 radical (unpaired) electrons. The first-order chi connectivity index (χ1) is 8.75. The number of hydrogen-bond donors (Lipinski definition) is 1. The van der Waals surface area contributed by atoms with Crippen molar-refractivity contribution in [2.24, 2.45) is 5.10 Å². The Morgan fingerprint density at radius 2 is 2.39 bits per heavy atom. The molecule has 0 aliphatic carbocycles. The van der Waals surface area contributed by atoms with E-state index in [4.69, 9.17) is 0 Å². The predicted molar refractivity (Wildman–Crippen MR) is 66.9 cm³/mol. The standard InChI is InChI=1S/C12H13N5O/c1-10-4-6-15-17(10)9-12(18)16-14-8-11-3-2-5-13-7-11/h2-8H,9H2,1H3,(H,16,18). The summed E-state index contributed by atoms with van der Waals surface area (Å²) in [5, 5.41) is 7.86. The Labute approximate surface area is 104 Å². The van der Waals surface area contributed by atoms with E-state index in [0.717, 1.165) is 11.3 Å². The molecule has 2 rings (SSSR count). The van der Waals surface area contributed by atoms with Gasteiger partial charge in [-0.2, -0.15) is 10.2 Å². The van der Waals surface area contributed by atoms with Crippen LogP contribution < -0.4 is 5.43 Å². The van der Waals surface area contributed by atoms with Gasteiger partial charge in [-0.05, 0) is 19.1 Å². The van der Waals surface area contributed by atoms with Crippen LogP contribution in [0.2, 0.25) is 0 Å². The molecule has 6 nitrogen and oxygen atoms in total. The number of carbonyl (C=O) groups excluding carboxylic acids is 1. The van der Waals surface area contributed by atoms with E-state index >= 15 is 0 Å². The van der Waals surface area contributed by atoms with Gasteiger partial charge in [-0.15, -0.1) is 0 Å². The highest BCUT2D eigenvalue weighted by Crippen LogP contribution is 1.95. The number of hydrazone groups is 1. The molecule has 6 heteroatoms. The van der Waals surface area contributed by atoms with Gasteiger partial charge in [0.15, 0.2) is 0 Å². The van der Waals surface area contributed by atoms with Crippen LogP contribution in [0.5, 0.6) is 0 Å². The molecule has 0 unspecified atom stereocenters. The Morgan fingerprint density at radius 3 is 3.06 bits per heavy atom. The van der Waals surface area contributed by atoms with Crippen LogP contribution in [0.1, 0.15) is 11.3 Å². The highest BCUT2D eigenvalue weighted by molar-refractivity contribution is 5.81. The smallest absolute Gasteiger partial charge is 0.261 e. The molecular weight excluding hydrogens is 230 g/mol. The van der Waals surface area contributed by atoms with Gasteiger partial charge in [-0.25, -0.2) is 5.43 Å². The Kier molecular flexibility index (Phi) is 3.80. The maximum absolute atomic E-state index is 11.6. The lowest BCUT2D eigenvalue weighted by molar-refractivity contribution is -0.121. The van der Waals surface area contributed by atoms with Gasteiger partial charge in [0.2, 0.25) is 0 Å². The summed E-state index contributed by atoms with van der Waals surface area (Å²) in [6, 6.07) is 5.49. The molecule has 18 heavy (non-hydrogen) atoms. The summed E-state index contributed by atoms with van der Waals surface area (Å²) < 4.78 is 1.61. The molecule has 0 atom stereocenters. The monoisotopic (exact) mass is 243 g/mol. The van der Waals surface area contributed by atoms with Crippen molar-refractivity contribution in [1.82, 2.24) is 20.2 Å². The number of rotatable bonds is 4. The van der Waals surface area contributed by atoms with Crippen molar-refractivity contribution in [1.29, 1.82) is 0 Å². The second kappa shape index (κ2) is 5.72. The highest BCUT2D eigenvalue weighted by Gasteiger charge is 2.03. The second-order valence-corrected chi connectivity index (χ2v) is 3.71. The summed E-state index contributed by atoms with van der Waals surface area (Å²) in [5.74, 6) is -0.220. The number of hydrogen-bond acceptors (Lipinski definition) is 4. The number of carbonyl (C=O) groups is 1. The SMILES string of the molecule is Cc1ccnn1CC(=O)NN=Cc1cccnc1. The molecule has 1 N–H and O–H groups in total. The van der Waals surface area contributed by atoms with Crippen LogP contribution in [-0.4, -0.2) is 26.9 Å². The van der Waals surface area contributed by atoms with E-state index in [1.54, 1.807) is 35.6 Å². The lowest BCUT2D eigenvalue weighted by Crippen LogP contribution is -2.24. The molecule has 0 aliphatic rings. The van der Waals surface area contributed by atoms with Gasteiger partial charge in [-0.1, -0.05) is 6.07 Å². The molecule has 0 aliphatic heterocycles. The van der Waals surface area contributed by atoms with Gasteiger partial charge < -0.3 is 0 Å². The third-order valence-electron chi connectivity index (χ3n) is 2.31. The molecule has 0 saturated heterocycles. The Bertz CT molecular complexity index is 547. The van der Waals surface area contributed by atoms with Crippen LogP contribution >= 0.6 is 0 Å². The third kappa shape index (κ3) is 3.24. The van der Waals surface area contributed by atoms with Gasteiger partial charge in [0, 0.05) is 29.8 Å². The molecule has 0 aromatic carbocycles. The molecule has 92 valence electrons. The molecule has 0 spiro atoms. The third-order valence-corrected chi connectivity index (χ3v) is 2.31. The molecular formula is C12H13N5O. The van der Waals surface area contributed by atoms with Gasteiger partial charge >= 0.3 is 0 Å². The summed E-state index contributed by atoms with van der Waals surface area (Å²) >= 11 is 0. The minimum Gasteiger partial charge on any atom is -0.271 e. The number of pyridine rings is 1. The number of aryl methyl sites for hydroxylation is 1. The summed E-state index contributed by atoms with van der Waals surface area (Å²) in [5.41, 5.74) is 4.20. The second-order valence-electron chi connectivity index (χ2n) is 3.71. The maximum Gasteiger partial charge on any atom is 0.261 e. The summed E-state index contributed by atoms with van der Waals surface area (Å²) in [6.45, 7) is 2.04. The van der Waals surface area contributed by atoms with Crippen molar-refractivity contribution in [2.45, 2.75) is 13.5 Å². The van der Waals surface area contributed by atoms with Crippen LogP contribution in [0.4, 0.5) is 0 Å². The Morgan fingerprint density at radius 1 is 1.50 bits per heavy atom. The lowest BCUT2D eigenvalue weighted by Gasteiger charge is -2.02. The molecule has 1 amide bonds. The van der Waals surface area contributed by atoms with E-state index in [2.05, 4.69) is 20.6 Å². The van der Waals surface area contributed by atoms with Crippen molar-refractivity contribution in [3.63, 3.8) is 0 Å². The Hall–Kier alpha value is -2.50. The quantitative estimate of drug-likeness (QED) is 0.635. The summed E-state index contributed by atoms with van der Waals surface area (Å²) in [6.07, 6.45) is 6.53. The van der Waals surface area contributed by atoms with E-state index in [1.807, 2.05) is 19.1 Å². The van der Waals surface area contributed by atoms with E-state index in [0.29, 0.717) is 0 Å². The fraction of sp³-hybridized carbons (Fsp3) is 0.167. The van der Waals surface area contributed by atoms with E-state index in [9.17, 15) is 4.79 Å².